The van der Waals surface area contributed by atoms with Crippen molar-refractivity contribution in [2.75, 3.05) is 0 Å². The van der Waals surface area contributed by atoms with E-state index in [1.54, 1.807) is 0 Å². The highest BCUT2D eigenvalue weighted by Crippen LogP contribution is 2.42. The van der Waals surface area contributed by atoms with Crippen LogP contribution in [0.1, 0.15) is 6.92 Å². The maximum Gasteiger partial charge on any atom is 0.455 e. The van der Waals surface area contributed by atoms with Crippen molar-refractivity contribution < 1.29 is 31.9 Å². The normalized spacial score (nSPS) is 23.2. The topological polar surface area (TPSA) is 97.9 Å². The zero-order valence-electron chi connectivity index (χ0n) is 9.87. The second-order valence-corrected chi connectivity index (χ2v) is 3.94. The second kappa shape index (κ2) is 5.13. The van der Waals surface area contributed by atoms with Crippen LogP contribution in [0.3, 0.4) is 0 Å². The largest absolute Gasteiger partial charge is 0.465 e. The van der Waals surface area contributed by atoms with E-state index in [9.17, 15) is 26.7 Å². The average Bonchev–Trinajstić information content (AvgIpc) is 2.26. The average molecular weight is 300 g/mol. The third-order valence-corrected chi connectivity index (χ3v) is 2.57. The molecule has 1 heterocycles. The molecule has 1 rings (SSSR count). The van der Waals surface area contributed by atoms with E-state index in [1.165, 1.54) is 5.32 Å². The van der Waals surface area contributed by atoms with Crippen molar-refractivity contribution in [3.8, 4) is 0 Å². The van der Waals surface area contributed by atoms with Gasteiger partial charge in [-0.1, -0.05) is 6.92 Å². The van der Waals surface area contributed by atoms with Gasteiger partial charge in [-0.25, -0.2) is 9.79 Å². The molecule has 0 spiro atoms. The summed E-state index contributed by atoms with van der Waals surface area (Å²) < 4.78 is 63.4. The Bertz CT molecular complexity index is 485. The van der Waals surface area contributed by atoms with Crippen LogP contribution in [0.15, 0.2) is 9.98 Å². The first-order valence-corrected chi connectivity index (χ1v) is 5.11. The Hall–Kier alpha value is -2.07. The van der Waals surface area contributed by atoms with Crippen LogP contribution in [-0.4, -0.2) is 47.2 Å². The summed E-state index contributed by atoms with van der Waals surface area (Å²) in [5.74, 6) is -7.58. The summed E-state index contributed by atoms with van der Waals surface area (Å²) in [6.45, 7) is 0.956. The number of rotatable bonds is 2. The number of hydrogen-bond donors (Lipinski definition) is 3. The molecule has 11 heteroatoms. The van der Waals surface area contributed by atoms with Gasteiger partial charge in [-0.15, -0.1) is 0 Å². The summed E-state index contributed by atoms with van der Waals surface area (Å²) in [7, 11) is 0. The van der Waals surface area contributed by atoms with Crippen LogP contribution < -0.4 is 5.32 Å². The lowest BCUT2D eigenvalue weighted by atomic mass is 9.90. The number of hydrogen-bond acceptors (Lipinski definition) is 4. The van der Waals surface area contributed by atoms with Gasteiger partial charge < -0.3 is 5.11 Å². The fraction of sp³-hybridized carbons (Fsp3) is 0.556. The third-order valence-electron chi connectivity index (χ3n) is 2.57. The molecule has 3 N–H and O–H groups in total. The van der Waals surface area contributed by atoms with Gasteiger partial charge in [0.05, 0.1) is 5.71 Å². The molecule has 2 unspecified atom stereocenters. The molecule has 0 fully saturated rings. The first kappa shape index (κ1) is 16.0. The van der Waals surface area contributed by atoms with Crippen LogP contribution in [0, 0.1) is 11.3 Å². The van der Waals surface area contributed by atoms with E-state index in [4.69, 9.17) is 10.5 Å². The molecule has 0 saturated heterocycles. The van der Waals surface area contributed by atoms with Crippen LogP contribution in [0.4, 0.5) is 26.7 Å². The van der Waals surface area contributed by atoms with Crippen LogP contribution >= 0.6 is 0 Å². The number of aliphatic imine (C=N–C) groups is 2. The van der Waals surface area contributed by atoms with Crippen molar-refractivity contribution in [1.29, 1.82) is 5.41 Å². The van der Waals surface area contributed by atoms with Crippen LogP contribution in [0.2, 0.25) is 0 Å². The Kier molecular flexibility index (Phi) is 4.10. The maximum absolute atomic E-state index is 13.3. The summed E-state index contributed by atoms with van der Waals surface area (Å²) in [4.78, 5) is 16.7. The van der Waals surface area contributed by atoms with E-state index >= 15 is 0 Å². The molecule has 0 aromatic carbocycles. The molecule has 1 aliphatic rings. The van der Waals surface area contributed by atoms with E-state index in [0.29, 0.717) is 6.34 Å². The van der Waals surface area contributed by atoms with E-state index < -0.39 is 41.7 Å². The minimum Gasteiger partial charge on any atom is -0.465 e. The minimum absolute atomic E-state index is 0.456. The predicted octanol–water partition coefficient (Wildman–Crippen LogP) is 1.92. The number of nitrogens with zero attached hydrogens (tertiary/aromatic N) is 2. The molecular weight excluding hydrogens is 291 g/mol. The number of carbonyl (C=O) groups is 1. The molecule has 1 aliphatic heterocycles. The van der Waals surface area contributed by atoms with Gasteiger partial charge in [0.2, 0.25) is 0 Å². The maximum atomic E-state index is 13.3. The van der Waals surface area contributed by atoms with E-state index in [-0.39, 0.29) is 0 Å². The zero-order chi connectivity index (χ0) is 15.7. The number of amidine groups is 1. The third kappa shape index (κ3) is 2.91. The lowest BCUT2D eigenvalue weighted by molar-refractivity contribution is -0.291. The zero-order valence-corrected chi connectivity index (χ0v) is 9.87. The van der Waals surface area contributed by atoms with Gasteiger partial charge in [0.25, 0.3) is 0 Å². The Labute approximate surface area is 108 Å². The van der Waals surface area contributed by atoms with Crippen molar-refractivity contribution >= 4 is 24.0 Å². The molecule has 0 bridgehead atoms. The fourth-order valence-electron chi connectivity index (χ4n) is 1.60. The number of nitrogens with one attached hydrogen (secondary N) is 2. The van der Waals surface area contributed by atoms with E-state index in [2.05, 4.69) is 9.98 Å². The van der Waals surface area contributed by atoms with Crippen molar-refractivity contribution in [2.24, 2.45) is 15.9 Å². The Balaban J connectivity index is 3.03. The van der Waals surface area contributed by atoms with Gasteiger partial charge in [0.15, 0.2) is 0 Å². The Morgan fingerprint density at radius 1 is 1.40 bits per heavy atom. The molecule has 112 valence electrons. The molecule has 20 heavy (non-hydrogen) atoms. The van der Waals surface area contributed by atoms with Crippen molar-refractivity contribution in [2.45, 2.75) is 25.1 Å². The summed E-state index contributed by atoms with van der Waals surface area (Å²) in [5.41, 5.74) is -0.545. The minimum atomic E-state index is -5.81. The van der Waals surface area contributed by atoms with Gasteiger partial charge in [-0.05, 0) is 0 Å². The van der Waals surface area contributed by atoms with Gasteiger partial charge in [0, 0.05) is 5.92 Å². The highest BCUT2D eigenvalue weighted by Gasteiger charge is 2.64. The quantitative estimate of drug-likeness (QED) is 0.412. The highest BCUT2D eigenvalue weighted by atomic mass is 19.4. The van der Waals surface area contributed by atoms with Crippen molar-refractivity contribution in [3.63, 3.8) is 0 Å². The van der Waals surface area contributed by atoms with Crippen LogP contribution in [0.5, 0.6) is 0 Å². The van der Waals surface area contributed by atoms with Gasteiger partial charge in [0.1, 0.15) is 18.2 Å². The number of halogens is 5. The molecule has 0 saturated carbocycles. The number of alkyl halides is 5. The molecule has 6 nitrogen and oxygen atoms in total. The van der Waals surface area contributed by atoms with Gasteiger partial charge >= 0.3 is 18.2 Å². The summed E-state index contributed by atoms with van der Waals surface area (Å²) >= 11 is 0. The molecule has 0 aliphatic carbocycles. The lowest BCUT2D eigenvalue weighted by Gasteiger charge is -2.31. The Morgan fingerprint density at radius 2 is 1.95 bits per heavy atom. The summed E-state index contributed by atoms with van der Waals surface area (Å²) in [5, 5.41) is 17.2. The first-order chi connectivity index (χ1) is 8.98. The lowest BCUT2D eigenvalue weighted by Crippen LogP contribution is -2.53. The predicted molar refractivity (Wildman–Crippen MR) is 58.8 cm³/mol. The molecule has 0 aromatic heterocycles. The van der Waals surface area contributed by atoms with E-state index in [0.717, 1.165) is 6.92 Å². The SMILES string of the molecule is CC1C(C(=N)NC(=O)O)=NC=NC1C(F)(F)C(F)(F)F. The second-order valence-electron chi connectivity index (χ2n) is 3.94. The Morgan fingerprint density at radius 3 is 2.40 bits per heavy atom. The fourth-order valence-corrected chi connectivity index (χ4v) is 1.60. The monoisotopic (exact) mass is 300 g/mol. The number of amides is 1. The van der Waals surface area contributed by atoms with Crippen molar-refractivity contribution in [1.82, 2.24) is 5.32 Å². The molecule has 0 radical (unpaired) electrons. The van der Waals surface area contributed by atoms with Crippen LogP contribution in [0.25, 0.3) is 0 Å². The standard InChI is InChI=1S/C9H9F5N4O2/c1-3-4(6(15)18-7(19)20)16-2-17-5(3)8(10,11)9(12,13)14/h2-3,5H,1H3,(H2,15,18)(H,19,20). The molecule has 0 aromatic rings. The van der Waals surface area contributed by atoms with Crippen LogP contribution in [-0.2, 0) is 0 Å². The van der Waals surface area contributed by atoms with Crippen molar-refractivity contribution in [3.05, 3.63) is 0 Å². The number of carboxylic acid groups (broad SMARTS) is 1. The molecule has 2 atom stereocenters. The summed E-state index contributed by atoms with van der Waals surface area (Å²) in [6.07, 6.45) is -7.02. The smallest absolute Gasteiger partial charge is 0.455 e. The molecular formula is C9H9F5N4O2. The molecule has 1 amide bonds. The highest BCUT2D eigenvalue weighted by molar-refractivity contribution is 6.44. The van der Waals surface area contributed by atoms with Gasteiger partial charge in [-0.2, -0.15) is 22.0 Å². The summed E-state index contributed by atoms with van der Waals surface area (Å²) in [6, 6.07) is -2.51. The first-order valence-electron chi connectivity index (χ1n) is 5.11. The van der Waals surface area contributed by atoms with Gasteiger partial charge in [-0.3, -0.25) is 15.7 Å². The van der Waals surface area contributed by atoms with E-state index in [1.807, 2.05) is 0 Å².